The van der Waals surface area contributed by atoms with E-state index in [1.165, 1.54) is 0 Å². The van der Waals surface area contributed by atoms with Gasteiger partial charge < -0.3 is 4.90 Å². The third-order valence-corrected chi connectivity index (χ3v) is 4.49. The molecular weight excluding hydrogens is 260 g/mol. The van der Waals surface area contributed by atoms with Crippen molar-refractivity contribution in [1.82, 2.24) is 14.3 Å². The quantitative estimate of drug-likeness (QED) is 0.802. The Hall–Kier alpha value is -1.40. The summed E-state index contributed by atoms with van der Waals surface area (Å²) in [7, 11) is 0. The maximum Gasteiger partial charge on any atom is 0.196 e. The van der Waals surface area contributed by atoms with E-state index in [0.29, 0.717) is 11.7 Å². The molecule has 0 aromatic carbocycles. The highest BCUT2D eigenvalue weighted by Crippen LogP contribution is 2.24. The van der Waals surface area contributed by atoms with Gasteiger partial charge in [0.05, 0.1) is 0 Å². The molecule has 0 bridgehead atoms. The van der Waals surface area contributed by atoms with Crippen molar-refractivity contribution in [2.75, 3.05) is 31.1 Å². The third kappa shape index (κ3) is 2.15. The molecule has 1 fully saturated rings. The van der Waals surface area contributed by atoms with Crippen molar-refractivity contribution in [1.29, 1.82) is 0 Å². The van der Waals surface area contributed by atoms with Crippen LogP contribution < -0.4 is 4.90 Å². The van der Waals surface area contributed by atoms with Gasteiger partial charge in [-0.05, 0) is 13.8 Å². The molecule has 2 aromatic heterocycles. The highest BCUT2D eigenvalue weighted by Gasteiger charge is 2.24. The number of anilines is 1. The van der Waals surface area contributed by atoms with Crippen LogP contribution in [0.4, 0.5) is 5.82 Å². The third-order valence-electron chi connectivity index (χ3n) is 3.74. The van der Waals surface area contributed by atoms with Gasteiger partial charge >= 0.3 is 0 Å². The van der Waals surface area contributed by atoms with Gasteiger partial charge in [0.15, 0.2) is 17.1 Å². The summed E-state index contributed by atoms with van der Waals surface area (Å²) in [6.45, 7) is 8.37. The fourth-order valence-corrected chi connectivity index (χ4v) is 3.30. The molecule has 0 radical (unpaired) electrons. The summed E-state index contributed by atoms with van der Waals surface area (Å²) in [6, 6.07) is 0.582. The van der Waals surface area contributed by atoms with Crippen LogP contribution >= 0.6 is 11.3 Å². The van der Waals surface area contributed by atoms with E-state index < -0.39 is 0 Å². The van der Waals surface area contributed by atoms with Crippen molar-refractivity contribution in [2.24, 2.45) is 0 Å². The Bertz CT molecular complexity index is 580. The molecule has 19 heavy (non-hydrogen) atoms. The lowest BCUT2D eigenvalue weighted by Crippen LogP contribution is -2.49. The topological polar surface area (TPSA) is 40.9 Å². The van der Waals surface area contributed by atoms with E-state index in [0.717, 1.165) is 43.2 Å². The monoisotopic (exact) mass is 278 g/mol. The summed E-state index contributed by atoms with van der Waals surface area (Å²) in [4.78, 5) is 21.5. The number of imidazole rings is 1. The number of rotatable bonds is 3. The van der Waals surface area contributed by atoms with Gasteiger partial charge in [0.25, 0.3) is 0 Å². The molecular formula is C13H18N4OS. The normalized spacial score (nSPS) is 17.5. The van der Waals surface area contributed by atoms with Crippen LogP contribution in [0.15, 0.2) is 11.6 Å². The average Bonchev–Trinajstić information content (AvgIpc) is 2.98. The van der Waals surface area contributed by atoms with Gasteiger partial charge in [-0.3, -0.25) is 14.1 Å². The summed E-state index contributed by atoms with van der Waals surface area (Å²) in [5.41, 5.74) is 0.675. The minimum absolute atomic E-state index is 0.582. The fraction of sp³-hybridized carbons (Fsp3) is 0.538. The van der Waals surface area contributed by atoms with Crippen LogP contribution in [0.3, 0.4) is 0 Å². The molecule has 1 aliphatic heterocycles. The summed E-state index contributed by atoms with van der Waals surface area (Å²) >= 11 is 1.56. The number of thiazole rings is 1. The number of nitrogens with zero attached hydrogens (tertiary/aromatic N) is 4. The lowest BCUT2D eigenvalue weighted by Gasteiger charge is -2.37. The molecule has 0 N–H and O–H groups in total. The lowest BCUT2D eigenvalue weighted by molar-refractivity contribution is 0.111. The minimum atomic E-state index is 0.582. The van der Waals surface area contributed by atoms with Gasteiger partial charge in [-0.25, -0.2) is 4.98 Å². The molecule has 3 rings (SSSR count). The summed E-state index contributed by atoms with van der Waals surface area (Å²) < 4.78 is 1.88. The Labute approximate surface area is 116 Å². The first-order chi connectivity index (χ1) is 9.20. The molecule has 0 amide bonds. The largest absolute Gasteiger partial charge is 0.352 e. The summed E-state index contributed by atoms with van der Waals surface area (Å²) in [5, 5.41) is 1.95. The maximum atomic E-state index is 11.3. The number of fused-ring (bicyclic) bond motifs is 1. The number of aromatic nitrogens is 2. The predicted octanol–water partition coefficient (Wildman–Crippen LogP) is 1.74. The van der Waals surface area contributed by atoms with Crippen LogP contribution in [0.25, 0.3) is 4.96 Å². The number of carbonyl (C=O) groups excluding carboxylic acids is 1. The SMILES string of the molecule is CC(C)N1CCN(c2nc3sccn3c2C=O)CC1. The Morgan fingerprint density at radius 1 is 1.32 bits per heavy atom. The molecule has 102 valence electrons. The zero-order valence-corrected chi connectivity index (χ0v) is 12.1. The molecule has 0 atom stereocenters. The highest BCUT2D eigenvalue weighted by molar-refractivity contribution is 7.15. The molecule has 6 heteroatoms. The number of hydrogen-bond acceptors (Lipinski definition) is 5. The number of carbonyl (C=O) groups is 1. The average molecular weight is 278 g/mol. The highest BCUT2D eigenvalue weighted by atomic mass is 32.1. The van der Waals surface area contributed by atoms with Crippen LogP contribution in [0.5, 0.6) is 0 Å². The van der Waals surface area contributed by atoms with E-state index in [1.807, 2.05) is 16.0 Å². The maximum absolute atomic E-state index is 11.3. The van der Waals surface area contributed by atoms with Crippen LogP contribution in [0.2, 0.25) is 0 Å². The van der Waals surface area contributed by atoms with Crippen LogP contribution in [0, 0.1) is 0 Å². The van der Waals surface area contributed by atoms with Gasteiger partial charge in [-0.1, -0.05) is 0 Å². The molecule has 0 saturated carbocycles. The van der Waals surface area contributed by atoms with E-state index in [9.17, 15) is 4.79 Å². The van der Waals surface area contributed by atoms with Crippen molar-refractivity contribution in [3.63, 3.8) is 0 Å². The van der Waals surface area contributed by atoms with E-state index >= 15 is 0 Å². The van der Waals surface area contributed by atoms with E-state index in [2.05, 4.69) is 28.6 Å². The van der Waals surface area contributed by atoms with Crippen molar-refractivity contribution in [3.05, 3.63) is 17.3 Å². The smallest absolute Gasteiger partial charge is 0.196 e. The standard InChI is InChI=1S/C13H18N4OS/c1-10(2)15-3-5-16(6-4-15)12-11(9-18)17-7-8-19-13(17)14-12/h7-10H,3-6H2,1-2H3. The first-order valence-electron chi connectivity index (χ1n) is 6.60. The van der Waals surface area contributed by atoms with Gasteiger partial charge in [-0.2, -0.15) is 0 Å². The molecule has 0 spiro atoms. The second-order valence-corrected chi connectivity index (χ2v) is 5.98. The van der Waals surface area contributed by atoms with Crippen LogP contribution in [-0.4, -0.2) is 52.8 Å². The second-order valence-electron chi connectivity index (χ2n) is 5.11. The van der Waals surface area contributed by atoms with Crippen LogP contribution in [-0.2, 0) is 0 Å². The molecule has 1 saturated heterocycles. The van der Waals surface area contributed by atoms with Crippen molar-refractivity contribution >= 4 is 28.4 Å². The van der Waals surface area contributed by atoms with Crippen molar-refractivity contribution in [3.8, 4) is 0 Å². The Morgan fingerprint density at radius 2 is 2.05 bits per heavy atom. The second kappa shape index (κ2) is 4.94. The van der Waals surface area contributed by atoms with Gasteiger partial charge in [0.2, 0.25) is 0 Å². The first-order valence-corrected chi connectivity index (χ1v) is 7.48. The van der Waals surface area contributed by atoms with Gasteiger partial charge in [0, 0.05) is 43.8 Å². The van der Waals surface area contributed by atoms with E-state index in [4.69, 9.17) is 0 Å². The molecule has 5 nitrogen and oxygen atoms in total. The van der Waals surface area contributed by atoms with Crippen LogP contribution in [0.1, 0.15) is 24.3 Å². The fourth-order valence-electron chi connectivity index (χ4n) is 2.58. The molecule has 1 aliphatic rings. The summed E-state index contributed by atoms with van der Waals surface area (Å²) in [5.74, 6) is 0.838. The first kappa shape index (κ1) is 12.6. The molecule has 0 aliphatic carbocycles. The Balaban J connectivity index is 1.85. The number of hydrogen-bond donors (Lipinski definition) is 0. The molecule has 0 unspecified atom stereocenters. The van der Waals surface area contributed by atoms with E-state index in [1.54, 1.807) is 11.3 Å². The molecule has 3 heterocycles. The van der Waals surface area contributed by atoms with Gasteiger partial charge in [0.1, 0.15) is 5.69 Å². The number of piperazine rings is 1. The van der Waals surface area contributed by atoms with Crippen molar-refractivity contribution < 1.29 is 4.79 Å². The number of aldehydes is 1. The Morgan fingerprint density at radius 3 is 2.68 bits per heavy atom. The zero-order chi connectivity index (χ0) is 13.4. The molecule has 2 aromatic rings. The predicted molar refractivity (Wildman–Crippen MR) is 77.4 cm³/mol. The minimum Gasteiger partial charge on any atom is -0.352 e. The summed E-state index contributed by atoms with van der Waals surface area (Å²) in [6.07, 6.45) is 2.82. The zero-order valence-electron chi connectivity index (χ0n) is 11.2. The lowest BCUT2D eigenvalue weighted by atomic mass is 10.2. The Kier molecular flexibility index (Phi) is 3.28. The van der Waals surface area contributed by atoms with E-state index in [-0.39, 0.29) is 0 Å². The van der Waals surface area contributed by atoms with Crippen molar-refractivity contribution in [2.45, 2.75) is 19.9 Å². The van der Waals surface area contributed by atoms with Gasteiger partial charge in [-0.15, -0.1) is 11.3 Å².